The number of amides is 2. The van der Waals surface area contributed by atoms with Crippen LogP contribution in [0, 0.1) is 0 Å². The molecule has 6 heteroatoms. The highest BCUT2D eigenvalue weighted by atomic mass is 16.5. The van der Waals surface area contributed by atoms with Gasteiger partial charge < -0.3 is 10.4 Å². The molecule has 0 saturated heterocycles. The minimum absolute atomic E-state index is 0.145. The molecule has 0 atom stereocenters. The van der Waals surface area contributed by atoms with E-state index in [1.54, 1.807) is 60.7 Å². The molecular formula is C21H20N2O4. The lowest BCUT2D eigenvalue weighted by atomic mass is 10.00. The summed E-state index contributed by atoms with van der Waals surface area (Å²) < 4.78 is 0. The summed E-state index contributed by atoms with van der Waals surface area (Å²) in [6.45, 7) is 0. The molecule has 2 amide bonds. The van der Waals surface area contributed by atoms with Crippen LogP contribution < -0.4 is 10.8 Å². The highest BCUT2D eigenvalue weighted by Gasteiger charge is 2.25. The topological polar surface area (TPSA) is 98.7 Å². The van der Waals surface area contributed by atoms with Crippen LogP contribution >= 0.6 is 0 Å². The summed E-state index contributed by atoms with van der Waals surface area (Å²) in [4.78, 5) is 23.7. The number of carbonyl (C=O) groups excluding carboxylic acids is 2. The average molecular weight is 364 g/mol. The van der Waals surface area contributed by atoms with Crippen molar-refractivity contribution in [1.82, 2.24) is 10.8 Å². The fraction of sp³-hybridized carbons (Fsp3) is 0.143. The van der Waals surface area contributed by atoms with E-state index in [1.807, 2.05) is 0 Å². The molecule has 0 aliphatic heterocycles. The lowest BCUT2D eigenvalue weighted by Crippen LogP contribution is -2.26. The Morgan fingerprint density at radius 1 is 0.963 bits per heavy atom. The minimum Gasteiger partial charge on any atom is -0.508 e. The number of nitrogens with one attached hydrogen (secondary N) is 2. The van der Waals surface area contributed by atoms with Gasteiger partial charge in [-0.25, -0.2) is 5.48 Å². The van der Waals surface area contributed by atoms with Gasteiger partial charge in [0.2, 0.25) is 0 Å². The molecule has 0 bridgehead atoms. The summed E-state index contributed by atoms with van der Waals surface area (Å²) in [7, 11) is 0. The molecule has 0 radical (unpaired) electrons. The molecule has 3 rings (SSSR count). The van der Waals surface area contributed by atoms with Crippen molar-refractivity contribution in [2.75, 3.05) is 0 Å². The molecule has 0 unspecified atom stereocenters. The van der Waals surface area contributed by atoms with E-state index in [9.17, 15) is 14.7 Å². The van der Waals surface area contributed by atoms with E-state index in [0.29, 0.717) is 5.57 Å². The molecule has 1 saturated carbocycles. The maximum atomic E-state index is 12.7. The zero-order valence-corrected chi connectivity index (χ0v) is 14.6. The monoisotopic (exact) mass is 364 g/mol. The summed E-state index contributed by atoms with van der Waals surface area (Å²) in [6.07, 6.45) is 6.54. The number of phenols is 1. The molecule has 0 spiro atoms. The van der Waals surface area contributed by atoms with Crippen molar-refractivity contribution in [3.63, 3.8) is 0 Å². The smallest absolute Gasteiger partial charge is 0.267 e. The lowest BCUT2D eigenvalue weighted by Gasteiger charge is -2.10. The zero-order chi connectivity index (χ0) is 19.2. The van der Waals surface area contributed by atoms with Gasteiger partial charge in [0.15, 0.2) is 0 Å². The summed E-state index contributed by atoms with van der Waals surface area (Å²) in [5.74, 6) is -0.594. The number of hydrogen-bond donors (Lipinski definition) is 4. The Balaban J connectivity index is 1.87. The Kier molecular flexibility index (Phi) is 5.68. The van der Waals surface area contributed by atoms with Gasteiger partial charge >= 0.3 is 0 Å². The molecule has 1 aliphatic rings. The third-order valence-electron chi connectivity index (χ3n) is 4.12. The van der Waals surface area contributed by atoms with Crippen molar-refractivity contribution in [2.24, 2.45) is 0 Å². The number of benzene rings is 2. The zero-order valence-electron chi connectivity index (χ0n) is 14.6. The molecule has 1 aliphatic carbocycles. The molecule has 2 aromatic rings. The number of carbonyl (C=O) groups is 2. The number of phenolic OH excluding ortho intramolecular Hbond substituents is 1. The van der Waals surface area contributed by atoms with Crippen LogP contribution in [-0.2, 0) is 9.59 Å². The van der Waals surface area contributed by atoms with Crippen LogP contribution in [0.4, 0.5) is 0 Å². The molecule has 6 nitrogen and oxygen atoms in total. The number of hydroxylamine groups is 1. The predicted molar refractivity (Wildman–Crippen MR) is 103 cm³/mol. The number of hydrogen-bond acceptors (Lipinski definition) is 4. The van der Waals surface area contributed by atoms with Gasteiger partial charge in [0, 0.05) is 17.7 Å². The molecule has 4 N–H and O–H groups in total. The Morgan fingerprint density at radius 2 is 1.59 bits per heavy atom. The molecule has 2 aromatic carbocycles. The van der Waals surface area contributed by atoms with Gasteiger partial charge in [-0.15, -0.1) is 0 Å². The molecule has 0 heterocycles. The Hall–Kier alpha value is -3.38. The predicted octanol–water partition coefficient (Wildman–Crippen LogP) is 2.73. The first-order chi connectivity index (χ1) is 13.0. The second-order valence-electron chi connectivity index (χ2n) is 6.33. The summed E-state index contributed by atoms with van der Waals surface area (Å²) in [5.41, 5.74) is 4.36. The van der Waals surface area contributed by atoms with Crippen LogP contribution in [0.25, 0.3) is 17.7 Å². The fourth-order valence-electron chi connectivity index (χ4n) is 2.49. The summed E-state index contributed by atoms with van der Waals surface area (Å²) in [5, 5.41) is 20.9. The van der Waals surface area contributed by atoms with Gasteiger partial charge in [-0.3, -0.25) is 14.8 Å². The number of rotatable bonds is 6. The van der Waals surface area contributed by atoms with Gasteiger partial charge in [0.05, 0.1) is 0 Å². The second-order valence-corrected chi connectivity index (χ2v) is 6.33. The third kappa shape index (κ3) is 5.29. The van der Waals surface area contributed by atoms with E-state index in [1.165, 1.54) is 11.6 Å². The maximum absolute atomic E-state index is 12.7. The van der Waals surface area contributed by atoms with Gasteiger partial charge in [-0.2, -0.15) is 0 Å². The first-order valence-electron chi connectivity index (χ1n) is 8.59. The summed E-state index contributed by atoms with van der Waals surface area (Å²) >= 11 is 0. The van der Waals surface area contributed by atoms with Crippen LogP contribution in [0.2, 0.25) is 0 Å². The highest BCUT2D eigenvalue weighted by Crippen LogP contribution is 2.24. The SMILES string of the molecule is O=C(/C=C/c1ccc(/C(=C\c2ccc(O)cc2)C(=O)NC2CC2)cc1)NO. The fourth-order valence-corrected chi connectivity index (χ4v) is 2.49. The first kappa shape index (κ1) is 18.4. The Bertz CT molecular complexity index is 879. The van der Waals surface area contributed by atoms with Gasteiger partial charge in [0.1, 0.15) is 5.75 Å². The van der Waals surface area contributed by atoms with E-state index < -0.39 is 5.91 Å². The molecular weight excluding hydrogens is 344 g/mol. The quantitative estimate of drug-likeness (QED) is 0.274. The third-order valence-corrected chi connectivity index (χ3v) is 4.12. The summed E-state index contributed by atoms with van der Waals surface area (Å²) in [6, 6.07) is 14.0. The Labute approximate surface area is 156 Å². The maximum Gasteiger partial charge on any atom is 0.267 e. The van der Waals surface area contributed by atoms with Crippen molar-refractivity contribution >= 4 is 29.5 Å². The van der Waals surface area contributed by atoms with E-state index in [4.69, 9.17) is 5.21 Å². The van der Waals surface area contributed by atoms with E-state index in [-0.39, 0.29) is 17.7 Å². The van der Waals surface area contributed by atoms with Crippen LogP contribution in [0.5, 0.6) is 5.75 Å². The van der Waals surface area contributed by atoms with Crippen molar-refractivity contribution in [3.8, 4) is 5.75 Å². The van der Waals surface area contributed by atoms with Crippen LogP contribution in [0.15, 0.2) is 54.6 Å². The number of aromatic hydroxyl groups is 1. The average Bonchev–Trinajstić information content (AvgIpc) is 3.50. The van der Waals surface area contributed by atoms with Crippen LogP contribution in [-0.4, -0.2) is 28.2 Å². The van der Waals surface area contributed by atoms with Gasteiger partial charge in [0.25, 0.3) is 11.8 Å². The van der Waals surface area contributed by atoms with Gasteiger partial charge in [-0.05, 0) is 53.8 Å². The van der Waals surface area contributed by atoms with Crippen LogP contribution in [0.1, 0.15) is 29.5 Å². The van der Waals surface area contributed by atoms with E-state index in [2.05, 4.69) is 5.32 Å². The van der Waals surface area contributed by atoms with Crippen molar-refractivity contribution in [2.45, 2.75) is 18.9 Å². The Morgan fingerprint density at radius 3 is 2.19 bits per heavy atom. The first-order valence-corrected chi connectivity index (χ1v) is 8.59. The van der Waals surface area contributed by atoms with E-state index in [0.717, 1.165) is 29.5 Å². The molecule has 1 fully saturated rings. The largest absolute Gasteiger partial charge is 0.508 e. The lowest BCUT2D eigenvalue weighted by molar-refractivity contribution is -0.124. The molecule has 27 heavy (non-hydrogen) atoms. The van der Waals surface area contributed by atoms with E-state index >= 15 is 0 Å². The molecule has 138 valence electrons. The van der Waals surface area contributed by atoms with Gasteiger partial charge in [-0.1, -0.05) is 36.4 Å². The minimum atomic E-state index is -0.615. The van der Waals surface area contributed by atoms with Crippen molar-refractivity contribution < 1.29 is 19.9 Å². The second kappa shape index (κ2) is 8.33. The standard InChI is InChI=1S/C21H20N2O4/c24-18-10-3-15(4-11-18)13-19(21(26)22-17-8-9-17)16-6-1-14(2-7-16)5-12-20(25)23-27/h1-7,10-13,17,24,27H,8-9H2,(H,22,26)(H,23,25)/b12-5+,19-13+. The molecule has 0 aromatic heterocycles. The van der Waals surface area contributed by atoms with Crippen molar-refractivity contribution in [1.29, 1.82) is 0 Å². The van der Waals surface area contributed by atoms with Crippen molar-refractivity contribution in [3.05, 3.63) is 71.3 Å². The van der Waals surface area contributed by atoms with Crippen LogP contribution in [0.3, 0.4) is 0 Å². The highest BCUT2D eigenvalue weighted by molar-refractivity contribution is 6.24. The normalized spacial score (nSPS) is 14.2.